The third kappa shape index (κ3) is 5.36. The van der Waals surface area contributed by atoms with Crippen molar-refractivity contribution in [3.05, 3.63) is 96.1 Å². The van der Waals surface area contributed by atoms with Gasteiger partial charge in [0, 0.05) is 11.8 Å². The summed E-state index contributed by atoms with van der Waals surface area (Å²) in [7, 11) is 3.30. The smallest absolute Gasteiger partial charge is 0.166 e. The molecule has 0 amide bonds. The zero-order valence-electron chi connectivity index (χ0n) is 26.1. The van der Waals surface area contributed by atoms with Crippen LogP contribution in [-0.4, -0.2) is 37.4 Å². The summed E-state index contributed by atoms with van der Waals surface area (Å²) in [5, 5.41) is 4.34. The van der Waals surface area contributed by atoms with E-state index in [0.29, 0.717) is 0 Å². The SMILES string of the molecule is COc1ccc2cc(C3=CC(=O)[C@H]4CCC[C@@H]3C4=O)ccc2c1.COc1ccc2cc(C3=CC(=O)[C@H]4CCC[C@@H]3C4=O)ccc2c1. The second-order valence-corrected chi connectivity index (χ2v) is 12.7. The van der Waals surface area contributed by atoms with Crippen LogP contribution >= 0.6 is 0 Å². The summed E-state index contributed by atoms with van der Waals surface area (Å²) in [6, 6.07) is 24.0. The molecule has 232 valence electrons. The second kappa shape index (κ2) is 12.2. The van der Waals surface area contributed by atoms with Crippen molar-refractivity contribution in [2.75, 3.05) is 14.2 Å². The lowest BCUT2D eigenvalue weighted by molar-refractivity contribution is -0.136. The van der Waals surface area contributed by atoms with E-state index < -0.39 is 0 Å². The second-order valence-electron chi connectivity index (χ2n) is 12.7. The van der Waals surface area contributed by atoms with E-state index in [2.05, 4.69) is 12.1 Å². The average Bonchev–Trinajstić information content (AvgIpc) is 3.07. The highest BCUT2D eigenvalue weighted by molar-refractivity contribution is 6.19. The number of carbonyl (C=O) groups excluding carboxylic acids is 4. The van der Waals surface area contributed by atoms with Gasteiger partial charge in [0.05, 0.1) is 26.1 Å². The summed E-state index contributed by atoms with van der Waals surface area (Å²) < 4.78 is 10.5. The molecule has 4 bridgehead atoms. The van der Waals surface area contributed by atoms with Crippen molar-refractivity contribution < 1.29 is 28.7 Å². The summed E-state index contributed by atoms with van der Waals surface area (Å²) >= 11 is 0. The van der Waals surface area contributed by atoms with Crippen molar-refractivity contribution in [2.24, 2.45) is 23.7 Å². The van der Waals surface area contributed by atoms with Gasteiger partial charge >= 0.3 is 0 Å². The van der Waals surface area contributed by atoms with Crippen LogP contribution < -0.4 is 9.47 Å². The largest absolute Gasteiger partial charge is 0.497 e. The van der Waals surface area contributed by atoms with Crippen molar-refractivity contribution in [1.82, 2.24) is 0 Å². The fourth-order valence-corrected chi connectivity index (χ4v) is 7.63. The van der Waals surface area contributed by atoms with Crippen molar-refractivity contribution in [3.8, 4) is 11.5 Å². The van der Waals surface area contributed by atoms with Gasteiger partial charge in [-0.15, -0.1) is 0 Å². The standard InChI is InChI=1S/2C20H18O3/c2*1-23-15-8-7-12-9-14(6-5-13(12)10-15)18-11-19(21)17-4-2-3-16(18)20(17)22/h2*5-11,16-17H,2-4H2,1H3/t2*16-,17+/m00/s1. The van der Waals surface area contributed by atoms with Crippen LogP contribution in [0.3, 0.4) is 0 Å². The highest BCUT2D eigenvalue weighted by Gasteiger charge is 2.42. The molecular weight excluding hydrogens is 576 g/mol. The molecule has 46 heavy (non-hydrogen) atoms. The Morgan fingerprint density at radius 2 is 0.848 bits per heavy atom. The van der Waals surface area contributed by atoms with Gasteiger partial charge in [0.15, 0.2) is 23.1 Å². The molecule has 0 radical (unpaired) electrons. The van der Waals surface area contributed by atoms with Gasteiger partial charge in [0.1, 0.15) is 11.5 Å². The molecule has 4 aliphatic carbocycles. The topological polar surface area (TPSA) is 86.7 Å². The van der Waals surface area contributed by atoms with Gasteiger partial charge in [-0.2, -0.15) is 0 Å². The molecule has 4 aromatic carbocycles. The lowest BCUT2D eigenvalue weighted by Gasteiger charge is -2.32. The van der Waals surface area contributed by atoms with Crippen LogP contribution in [0.4, 0.5) is 0 Å². The predicted molar refractivity (Wildman–Crippen MR) is 179 cm³/mol. The Balaban J connectivity index is 0.000000147. The Hall–Kier alpha value is -4.84. The van der Waals surface area contributed by atoms with Crippen LogP contribution in [0.25, 0.3) is 32.7 Å². The Bertz CT molecular complexity index is 1840. The zero-order chi connectivity index (χ0) is 31.9. The number of ketones is 4. The van der Waals surface area contributed by atoms with E-state index in [9.17, 15) is 19.2 Å². The molecule has 0 aromatic heterocycles. The number of hydrogen-bond acceptors (Lipinski definition) is 6. The molecule has 4 aromatic rings. The van der Waals surface area contributed by atoms with E-state index >= 15 is 0 Å². The average molecular weight is 613 g/mol. The third-order valence-electron chi connectivity index (χ3n) is 10.1. The number of hydrogen-bond donors (Lipinski definition) is 0. The number of fused-ring (bicyclic) bond motifs is 6. The molecule has 8 rings (SSSR count). The van der Waals surface area contributed by atoms with Gasteiger partial charge in [-0.3, -0.25) is 19.2 Å². The quantitative estimate of drug-likeness (QED) is 0.221. The minimum atomic E-state index is -0.387. The van der Waals surface area contributed by atoms with Gasteiger partial charge in [-0.25, -0.2) is 0 Å². The number of benzene rings is 4. The Morgan fingerprint density at radius 1 is 0.478 bits per heavy atom. The third-order valence-corrected chi connectivity index (χ3v) is 10.1. The van der Waals surface area contributed by atoms with Crippen LogP contribution in [0.5, 0.6) is 11.5 Å². The van der Waals surface area contributed by atoms with Crippen molar-refractivity contribution >= 4 is 55.8 Å². The molecule has 0 unspecified atom stereocenters. The van der Waals surface area contributed by atoms with Crippen molar-refractivity contribution in [2.45, 2.75) is 38.5 Å². The number of carbonyl (C=O) groups is 4. The molecular formula is C40H36O6. The lowest BCUT2D eigenvalue weighted by Crippen LogP contribution is -2.37. The molecule has 0 N–H and O–H groups in total. The summed E-state index contributed by atoms with van der Waals surface area (Å²) in [6.07, 6.45) is 8.47. The number of allylic oxidation sites excluding steroid dienone is 4. The summed E-state index contributed by atoms with van der Waals surface area (Å²) in [5.74, 6) is 0.854. The highest BCUT2D eigenvalue weighted by atomic mass is 16.5. The van der Waals surface area contributed by atoms with E-state index in [4.69, 9.17) is 9.47 Å². The monoisotopic (exact) mass is 612 g/mol. The summed E-state index contributed by atoms with van der Waals surface area (Å²) in [4.78, 5) is 49.4. The fourth-order valence-electron chi connectivity index (χ4n) is 7.63. The summed E-state index contributed by atoms with van der Waals surface area (Å²) in [5.41, 5.74) is 3.76. The molecule has 2 fully saturated rings. The van der Waals surface area contributed by atoms with E-state index in [0.717, 1.165) is 93.8 Å². The normalized spacial score (nSPS) is 23.8. The van der Waals surface area contributed by atoms with Crippen LogP contribution in [0.15, 0.2) is 84.9 Å². The summed E-state index contributed by atoms with van der Waals surface area (Å²) in [6.45, 7) is 0. The van der Waals surface area contributed by atoms with E-state index in [-0.39, 0.29) is 46.8 Å². The van der Waals surface area contributed by atoms with Crippen LogP contribution in [-0.2, 0) is 19.2 Å². The number of Topliss-reactive ketones (excluding diaryl/α,β-unsaturated/α-hetero) is 2. The molecule has 0 aliphatic heterocycles. The first-order valence-electron chi connectivity index (χ1n) is 16.1. The Morgan fingerprint density at radius 3 is 1.26 bits per heavy atom. The molecule has 6 nitrogen and oxygen atoms in total. The first-order valence-corrected chi connectivity index (χ1v) is 16.1. The van der Waals surface area contributed by atoms with Crippen LogP contribution in [0.2, 0.25) is 0 Å². The first kappa shape index (κ1) is 29.8. The molecule has 0 heterocycles. The Labute approximate surface area is 268 Å². The lowest BCUT2D eigenvalue weighted by atomic mass is 9.69. The molecule has 0 saturated heterocycles. The van der Waals surface area contributed by atoms with E-state index in [1.807, 2.05) is 60.7 Å². The maximum Gasteiger partial charge on any atom is 0.166 e. The molecule has 2 saturated carbocycles. The number of ether oxygens (including phenoxy) is 2. The molecule has 4 aliphatic rings. The maximum absolute atomic E-state index is 12.5. The number of methoxy groups -OCH3 is 2. The number of rotatable bonds is 4. The van der Waals surface area contributed by atoms with E-state index in [1.165, 1.54) is 0 Å². The van der Waals surface area contributed by atoms with Crippen molar-refractivity contribution in [3.63, 3.8) is 0 Å². The van der Waals surface area contributed by atoms with Crippen molar-refractivity contribution in [1.29, 1.82) is 0 Å². The molecule has 6 heteroatoms. The minimum Gasteiger partial charge on any atom is -0.497 e. The van der Waals surface area contributed by atoms with Gasteiger partial charge in [0.25, 0.3) is 0 Å². The fraction of sp³-hybridized carbons (Fsp3) is 0.300. The predicted octanol–water partition coefficient (Wildman–Crippen LogP) is 7.60. The van der Waals surface area contributed by atoms with Gasteiger partial charge in [-0.1, -0.05) is 49.2 Å². The van der Waals surface area contributed by atoms with Crippen LogP contribution in [0, 0.1) is 23.7 Å². The first-order chi connectivity index (χ1) is 22.3. The van der Waals surface area contributed by atoms with Gasteiger partial charge < -0.3 is 9.47 Å². The zero-order valence-corrected chi connectivity index (χ0v) is 26.1. The van der Waals surface area contributed by atoms with Gasteiger partial charge in [0.2, 0.25) is 0 Å². The molecule has 4 atom stereocenters. The maximum atomic E-state index is 12.5. The van der Waals surface area contributed by atoms with Gasteiger partial charge in [-0.05, 0) is 118 Å². The minimum absolute atomic E-state index is 0.0178. The highest BCUT2D eigenvalue weighted by Crippen LogP contribution is 2.42. The Kier molecular flexibility index (Phi) is 7.89. The van der Waals surface area contributed by atoms with E-state index in [1.54, 1.807) is 26.4 Å². The molecule has 0 spiro atoms. The van der Waals surface area contributed by atoms with Crippen LogP contribution in [0.1, 0.15) is 49.7 Å².